The number of rotatable bonds is 10. The average Bonchev–Trinajstić information content (AvgIpc) is 3.13. The van der Waals surface area contributed by atoms with Gasteiger partial charge >= 0.3 is 0 Å². The summed E-state index contributed by atoms with van der Waals surface area (Å²) in [7, 11) is 1.63. The van der Waals surface area contributed by atoms with E-state index in [1.54, 1.807) is 36.8 Å². The van der Waals surface area contributed by atoms with Gasteiger partial charge in [0.25, 0.3) is 0 Å². The molecule has 9 heteroatoms. The first kappa shape index (κ1) is 29.6. The number of aliphatic hydroxyl groups is 1. The number of anilines is 1. The second-order valence-electron chi connectivity index (χ2n) is 9.45. The highest BCUT2D eigenvalue weighted by Crippen LogP contribution is 2.54. The van der Waals surface area contributed by atoms with Crippen LogP contribution in [0.25, 0.3) is 0 Å². The summed E-state index contributed by atoms with van der Waals surface area (Å²) in [5.41, 5.74) is 0.978. The van der Waals surface area contributed by atoms with Crippen molar-refractivity contribution in [3.63, 3.8) is 0 Å². The molecule has 6 nitrogen and oxygen atoms in total. The Morgan fingerprint density at radius 2 is 1.97 bits per heavy atom. The first-order chi connectivity index (χ1) is 16.0. The van der Waals surface area contributed by atoms with Crippen molar-refractivity contribution in [3.05, 3.63) is 47.0 Å². The summed E-state index contributed by atoms with van der Waals surface area (Å²) in [6.07, 6.45) is 0.809. The van der Waals surface area contributed by atoms with E-state index in [4.69, 9.17) is 21.1 Å². The van der Waals surface area contributed by atoms with Gasteiger partial charge in [-0.25, -0.2) is 0 Å². The molecule has 1 atom stereocenters. The van der Waals surface area contributed by atoms with Crippen molar-refractivity contribution < 1.29 is 19.4 Å². The molecule has 1 aliphatic heterocycles. The Kier molecular flexibility index (Phi) is 10.6. The van der Waals surface area contributed by atoms with Crippen molar-refractivity contribution in [1.82, 2.24) is 4.90 Å². The van der Waals surface area contributed by atoms with E-state index in [-0.39, 0.29) is 23.7 Å². The molecule has 0 radical (unpaired) electrons. The summed E-state index contributed by atoms with van der Waals surface area (Å²) >= 11 is 7.79. The minimum atomic E-state index is -0.748. The fourth-order valence-corrected chi connectivity index (χ4v) is 5.70. The van der Waals surface area contributed by atoms with Crippen LogP contribution in [0.2, 0.25) is 5.02 Å². The second-order valence-corrected chi connectivity index (χ2v) is 11.0. The number of hydrogen-bond donors (Lipinski definition) is 1. The summed E-state index contributed by atoms with van der Waals surface area (Å²) in [5, 5.41) is 10.6. The first-order valence-corrected chi connectivity index (χ1v) is 12.8. The zero-order chi connectivity index (χ0) is 25.0. The largest absolute Gasteiger partial charge is 0.497 e. The van der Waals surface area contributed by atoms with Crippen molar-refractivity contribution in [1.29, 1.82) is 0 Å². The van der Waals surface area contributed by atoms with Gasteiger partial charge in [-0.1, -0.05) is 23.4 Å². The van der Waals surface area contributed by atoms with Gasteiger partial charge in [0, 0.05) is 41.5 Å². The lowest BCUT2D eigenvalue weighted by Gasteiger charge is -2.32. The predicted octanol–water partition coefficient (Wildman–Crippen LogP) is 6.18. The van der Waals surface area contributed by atoms with Crippen LogP contribution in [0.5, 0.6) is 11.5 Å². The third kappa shape index (κ3) is 7.67. The van der Waals surface area contributed by atoms with E-state index >= 15 is 0 Å². The van der Waals surface area contributed by atoms with Gasteiger partial charge < -0.3 is 14.6 Å². The molecule has 0 fully saturated rings. The number of halogens is 2. The van der Waals surface area contributed by atoms with Crippen molar-refractivity contribution in [2.24, 2.45) is 0 Å². The smallest absolute Gasteiger partial charge is 0.225 e. The maximum atomic E-state index is 12.6. The van der Waals surface area contributed by atoms with Gasteiger partial charge in [-0.15, -0.1) is 12.4 Å². The summed E-state index contributed by atoms with van der Waals surface area (Å²) in [4.78, 5) is 17.6. The zero-order valence-corrected chi connectivity index (χ0v) is 23.6. The highest BCUT2D eigenvalue weighted by molar-refractivity contribution is 8.00. The quantitative estimate of drug-likeness (QED) is 0.361. The summed E-state index contributed by atoms with van der Waals surface area (Å²) in [6.45, 7) is 11.4. The van der Waals surface area contributed by atoms with Gasteiger partial charge in [-0.2, -0.15) is 0 Å². The number of methoxy groups -OCH3 is 1. The van der Waals surface area contributed by atoms with Crippen molar-refractivity contribution in [3.8, 4) is 11.5 Å². The van der Waals surface area contributed by atoms with Crippen LogP contribution in [0.1, 0.15) is 52.0 Å². The number of fused-ring (bicyclic) bond motifs is 1. The molecule has 2 aromatic rings. The lowest BCUT2D eigenvalue weighted by atomic mass is 10.1. The Bertz CT molecular complexity index is 1010. The number of carbonyl (C=O) groups excluding carboxylic acids is 1. The maximum Gasteiger partial charge on any atom is 0.225 e. The molecule has 1 unspecified atom stereocenters. The Balaban J connectivity index is 0.00000432. The molecule has 0 saturated carbocycles. The topological polar surface area (TPSA) is 62.2 Å². The predicted molar refractivity (Wildman–Crippen MR) is 147 cm³/mol. The average molecular weight is 544 g/mol. The van der Waals surface area contributed by atoms with Crippen LogP contribution in [0.3, 0.4) is 0 Å². The monoisotopic (exact) mass is 542 g/mol. The molecule has 3 rings (SSSR count). The number of thioether (sulfide) groups is 1. The molecule has 1 aliphatic rings. The summed E-state index contributed by atoms with van der Waals surface area (Å²) in [5.74, 6) is 1.38. The van der Waals surface area contributed by atoms with Gasteiger partial charge in [0.1, 0.15) is 16.9 Å². The third-order valence-electron chi connectivity index (χ3n) is 5.64. The summed E-state index contributed by atoms with van der Waals surface area (Å²) < 4.78 is 11.7. The lowest BCUT2D eigenvalue weighted by Crippen LogP contribution is -2.43. The normalized spacial score (nSPS) is 15.3. The molecule has 194 valence electrons. The maximum absolute atomic E-state index is 12.6. The Morgan fingerprint density at radius 3 is 2.57 bits per heavy atom. The van der Waals surface area contributed by atoms with E-state index in [1.807, 2.05) is 44.2 Å². The minimum Gasteiger partial charge on any atom is -0.497 e. The molecule has 1 amide bonds. The number of ether oxygens (including phenoxy) is 2. The number of carbonyl (C=O) groups is 1. The molecule has 0 aromatic heterocycles. The minimum absolute atomic E-state index is 0. The second kappa shape index (κ2) is 12.5. The molecule has 0 saturated heterocycles. The third-order valence-corrected chi connectivity index (χ3v) is 7.15. The SMILES string of the molecule is COc1ccc(OCCCN(CC(C)(C)O)C(C)C)c(C2Sc3cc(Cl)ccc3N2C(C)=O)c1.Cl. The molecule has 2 aromatic carbocycles. The van der Waals surface area contributed by atoms with Gasteiger partial charge in [0.2, 0.25) is 5.91 Å². The molecule has 0 aliphatic carbocycles. The van der Waals surface area contributed by atoms with Crippen molar-refractivity contribution >= 4 is 47.4 Å². The van der Waals surface area contributed by atoms with Gasteiger partial charge in [-0.3, -0.25) is 14.6 Å². The fourth-order valence-electron chi connectivity index (χ4n) is 4.06. The van der Waals surface area contributed by atoms with Crippen molar-refractivity contribution in [2.45, 2.75) is 63.0 Å². The van der Waals surface area contributed by atoms with Gasteiger partial charge in [0.15, 0.2) is 0 Å². The molecule has 1 heterocycles. The lowest BCUT2D eigenvalue weighted by molar-refractivity contribution is -0.116. The van der Waals surface area contributed by atoms with Crippen LogP contribution in [0.4, 0.5) is 5.69 Å². The van der Waals surface area contributed by atoms with Crippen LogP contribution in [0, 0.1) is 0 Å². The van der Waals surface area contributed by atoms with E-state index in [1.165, 1.54) is 0 Å². The molecule has 0 spiro atoms. The van der Waals surface area contributed by atoms with Crippen LogP contribution < -0.4 is 14.4 Å². The molecular weight excluding hydrogens is 507 g/mol. The molecule has 0 bridgehead atoms. The van der Waals surface area contributed by atoms with Crippen molar-refractivity contribution in [2.75, 3.05) is 31.7 Å². The highest BCUT2D eigenvalue weighted by Gasteiger charge is 2.36. The van der Waals surface area contributed by atoms with E-state index < -0.39 is 5.60 Å². The first-order valence-electron chi connectivity index (χ1n) is 11.5. The van der Waals surface area contributed by atoms with E-state index in [0.29, 0.717) is 30.0 Å². The highest BCUT2D eigenvalue weighted by atomic mass is 35.5. The number of benzene rings is 2. The number of hydrogen-bond acceptors (Lipinski definition) is 6. The fraction of sp³-hybridized carbons (Fsp3) is 0.500. The van der Waals surface area contributed by atoms with E-state index in [0.717, 1.165) is 34.9 Å². The van der Waals surface area contributed by atoms with E-state index in [9.17, 15) is 9.90 Å². The number of amides is 1. The van der Waals surface area contributed by atoms with Crippen LogP contribution in [-0.4, -0.2) is 54.4 Å². The summed E-state index contributed by atoms with van der Waals surface area (Å²) in [6, 6.07) is 11.6. The number of nitrogens with zero attached hydrogens (tertiary/aromatic N) is 2. The zero-order valence-electron chi connectivity index (χ0n) is 21.2. The standard InChI is InChI=1S/C26H35ClN2O4S.ClH/c1-17(2)28(16-26(4,5)31)12-7-13-33-23-11-9-20(32-6)15-21(23)25-29(18(3)30)22-10-8-19(27)14-24(22)34-25;/h8-11,14-15,17,25,31H,7,12-13,16H2,1-6H3;1H. The Labute approximate surface area is 224 Å². The Hall–Kier alpha value is -1.64. The molecule has 1 N–H and O–H groups in total. The Morgan fingerprint density at radius 1 is 1.26 bits per heavy atom. The van der Waals surface area contributed by atoms with Crippen LogP contribution >= 0.6 is 35.8 Å². The van der Waals surface area contributed by atoms with Crippen LogP contribution in [-0.2, 0) is 4.79 Å². The van der Waals surface area contributed by atoms with Gasteiger partial charge in [0.05, 0.1) is 25.0 Å². The van der Waals surface area contributed by atoms with Gasteiger partial charge in [-0.05, 0) is 70.5 Å². The van der Waals surface area contributed by atoms with Crippen LogP contribution in [0.15, 0.2) is 41.3 Å². The molecular formula is C26H36Cl2N2O4S. The molecule has 35 heavy (non-hydrogen) atoms. The van der Waals surface area contributed by atoms with E-state index in [2.05, 4.69) is 18.7 Å².